The molecule has 2 nitrogen and oxygen atoms in total. The van der Waals surface area contributed by atoms with E-state index in [2.05, 4.69) is 141 Å². The minimum absolute atomic E-state index is 0.749. The number of allylic oxidation sites excluding steroid dienone is 5. The molecule has 0 radical (unpaired) electrons. The third kappa shape index (κ3) is 3.55. The van der Waals surface area contributed by atoms with E-state index >= 15 is 0 Å². The number of halogens is 1. The van der Waals surface area contributed by atoms with E-state index in [0.717, 1.165) is 17.4 Å². The number of nitrogens with zero attached hydrogens (tertiary/aromatic N) is 2. The highest BCUT2D eigenvalue weighted by atomic mass is 79.9. The van der Waals surface area contributed by atoms with Crippen LogP contribution in [0, 0.1) is 0 Å². The monoisotopic (exact) mass is 516 g/mol. The van der Waals surface area contributed by atoms with Gasteiger partial charge in [0, 0.05) is 44.7 Å². The fourth-order valence-corrected chi connectivity index (χ4v) is 5.59. The lowest BCUT2D eigenvalue weighted by Crippen LogP contribution is -2.01. The molecule has 0 aliphatic carbocycles. The molecule has 0 aliphatic rings. The molecule has 2 heterocycles. The molecule has 0 fully saturated rings. The van der Waals surface area contributed by atoms with E-state index in [1.54, 1.807) is 0 Å². The van der Waals surface area contributed by atoms with E-state index in [9.17, 15) is 0 Å². The van der Waals surface area contributed by atoms with Crippen molar-refractivity contribution in [3.63, 3.8) is 0 Å². The Morgan fingerprint density at radius 3 is 1.43 bits per heavy atom. The number of fused-ring (bicyclic) bond motifs is 6. The Kier molecular flexibility index (Phi) is 5.63. The lowest BCUT2D eigenvalue weighted by molar-refractivity contribution is 1.13. The van der Waals surface area contributed by atoms with Gasteiger partial charge in [0.2, 0.25) is 0 Å². The maximum Gasteiger partial charge on any atom is 0.0540 e. The van der Waals surface area contributed by atoms with Crippen molar-refractivity contribution in [1.29, 1.82) is 0 Å². The van der Waals surface area contributed by atoms with Gasteiger partial charge in [0.15, 0.2) is 0 Å². The Morgan fingerprint density at radius 1 is 0.629 bits per heavy atom. The Hall–Kier alpha value is -3.82. The van der Waals surface area contributed by atoms with Gasteiger partial charge in [0.1, 0.15) is 0 Å². The van der Waals surface area contributed by atoms with E-state index in [0.29, 0.717) is 0 Å². The average Bonchev–Trinajstić information content (AvgIpc) is 3.41. The van der Waals surface area contributed by atoms with E-state index < -0.39 is 0 Å². The zero-order valence-corrected chi connectivity index (χ0v) is 20.9. The summed E-state index contributed by atoms with van der Waals surface area (Å²) in [4.78, 5) is 0. The molecule has 0 spiro atoms. The minimum Gasteiger partial charge on any atom is -0.313 e. The highest BCUT2D eigenvalue weighted by Gasteiger charge is 2.16. The normalized spacial score (nSPS) is 12.8. The summed E-state index contributed by atoms with van der Waals surface area (Å²) >= 11 is 3.68. The molecule has 0 saturated heterocycles. The second-order valence-electron chi connectivity index (χ2n) is 8.65. The van der Waals surface area contributed by atoms with Crippen molar-refractivity contribution in [2.24, 2.45) is 0 Å². The van der Waals surface area contributed by atoms with Gasteiger partial charge in [-0.1, -0.05) is 94.8 Å². The molecule has 2 aromatic heterocycles. The fourth-order valence-electron chi connectivity index (χ4n) is 5.26. The molecule has 0 unspecified atom stereocenters. The first kappa shape index (κ1) is 21.7. The van der Waals surface area contributed by atoms with Gasteiger partial charge in [-0.2, -0.15) is 0 Å². The van der Waals surface area contributed by atoms with Crippen LogP contribution in [0.3, 0.4) is 0 Å². The summed E-state index contributed by atoms with van der Waals surface area (Å²) in [6, 6.07) is 34.6. The summed E-state index contributed by atoms with van der Waals surface area (Å²) in [5.41, 5.74) is 7.16. The zero-order valence-electron chi connectivity index (χ0n) is 19.4. The van der Waals surface area contributed by atoms with Crippen LogP contribution in [0.1, 0.15) is 6.42 Å². The van der Waals surface area contributed by atoms with Gasteiger partial charge in [-0.25, -0.2) is 0 Å². The summed E-state index contributed by atoms with van der Waals surface area (Å²) in [6.07, 6.45) is 7.31. The molecule has 0 atom stereocenters. The number of benzene rings is 4. The number of alkyl halides is 1. The quantitative estimate of drug-likeness (QED) is 0.118. The molecular formula is C32H25BrN2. The van der Waals surface area contributed by atoms with Crippen LogP contribution in [0.5, 0.6) is 0 Å². The first-order valence-electron chi connectivity index (χ1n) is 11.9. The number of aromatic nitrogens is 2. The second kappa shape index (κ2) is 9.09. The standard InChI is InChI=1S/C32H25BrN2/c1-2-11-23(34-29-16-7-3-12-25(29)26-13-4-8-17-30(26)34)22-24(20-21-33)35-31-18-9-5-14-27(31)28-15-6-10-19-32(28)35/h2-10,12-20,22H,1,11,21H2/b23-22+,24-20+. The van der Waals surface area contributed by atoms with Crippen LogP contribution in [0.2, 0.25) is 0 Å². The highest BCUT2D eigenvalue weighted by Crippen LogP contribution is 2.36. The zero-order chi connectivity index (χ0) is 23.8. The molecule has 0 saturated carbocycles. The van der Waals surface area contributed by atoms with Crippen LogP contribution in [0.25, 0.3) is 55.0 Å². The van der Waals surface area contributed by atoms with Crippen LogP contribution < -0.4 is 0 Å². The summed E-state index contributed by atoms with van der Waals surface area (Å²) in [5, 5.41) is 5.81. The first-order valence-corrected chi connectivity index (χ1v) is 13.0. The summed E-state index contributed by atoms with van der Waals surface area (Å²) in [6.45, 7) is 4.10. The third-order valence-electron chi connectivity index (χ3n) is 6.66. The van der Waals surface area contributed by atoms with Gasteiger partial charge in [0.25, 0.3) is 0 Å². The summed E-state index contributed by atoms with van der Waals surface area (Å²) < 4.78 is 4.77. The molecule has 0 bridgehead atoms. The third-order valence-corrected chi connectivity index (χ3v) is 6.98. The lowest BCUT2D eigenvalue weighted by atomic mass is 10.2. The number of hydrogen-bond donors (Lipinski definition) is 0. The smallest absolute Gasteiger partial charge is 0.0540 e. The Bertz CT molecular complexity index is 1670. The lowest BCUT2D eigenvalue weighted by Gasteiger charge is -2.15. The van der Waals surface area contributed by atoms with Crippen molar-refractivity contribution < 1.29 is 0 Å². The maximum absolute atomic E-state index is 4.10. The van der Waals surface area contributed by atoms with Gasteiger partial charge in [0.05, 0.1) is 22.1 Å². The summed E-state index contributed by atoms with van der Waals surface area (Å²) in [7, 11) is 0. The van der Waals surface area contributed by atoms with Gasteiger partial charge >= 0.3 is 0 Å². The maximum atomic E-state index is 4.10. The van der Waals surface area contributed by atoms with Crippen LogP contribution in [0.15, 0.2) is 122 Å². The highest BCUT2D eigenvalue weighted by molar-refractivity contribution is 9.09. The van der Waals surface area contributed by atoms with Gasteiger partial charge in [-0.15, -0.1) is 6.58 Å². The molecule has 170 valence electrons. The molecule has 3 heteroatoms. The number of hydrogen-bond acceptors (Lipinski definition) is 0. The predicted octanol–water partition coefficient (Wildman–Crippen LogP) is 9.26. The van der Waals surface area contributed by atoms with Gasteiger partial charge in [-0.05, 0) is 36.4 Å². The fraction of sp³-hybridized carbons (Fsp3) is 0.0625. The molecular weight excluding hydrogens is 492 g/mol. The minimum atomic E-state index is 0.749. The summed E-state index contributed by atoms with van der Waals surface area (Å²) in [5.74, 6) is 0. The van der Waals surface area contributed by atoms with Crippen molar-refractivity contribution in [3.8, 4) is 0 Å². The van der Waals surface area contributed by atoms with Gasteiger partial charge < -0.3 is 9.13 Å². The van der Waals surface area contributed by atoms with Crippen LogP contribution >= 0.6 is 15.9 Å². The predicted molar refractivity (Wildman–Crippen MR) is 156 cm³/mol. The Labute approximate surface area is 213 Å². The number of rotatable bonds is 6. The largest absolute Gasteiger partial charge is 0.313 e. The van der Waals surface area contributed by atoms with Crippen molar-refractivity contribution in [2.75, 3.05) is 5.33 Å². The molecule has 6 aromatic rings. The van der Waals surface area contributed by atoms with Crippen molar-refractivity contribution in [1.82, 2.24) is 9.13 Å². The van der Waals surface area contributed by atoms with E-state index in [-0.39, 0.29) is 0 Å². The molecule has 4 aromatic carbocycles. The topological polar surface area (TPSA) is 9.86 Å². The molecule has 0 aliphatic heterocycles. The Morgan fingerprint density at radius 2 is 1.03 bits per heavy atom. The second-order valence-corrected chi connectivity index (χ2v) is 9.30. The Balaban J connectivity index is 1.67. The van der Waals surface area contributed by atoms with Crippen LogP contribution in [-0.2, 0) is 0 Å². The van der Waals surface area contributed by atoms with Crippen molar-refractivity contribution in [2.45, 2.75) is 6.42 Å². The SMILES string of the molecule is C=CC/C(=C\C(=C/CBr)n1c2ccccc2c2ccccc21)n1c2ccccc2c2ccccc21. The first-order chi connectivity index (χ1) is 17.3. The molecule has 0 amide bonds. The molecule has 6 rings (SSSR count). The van der Waals surface area contributed by atoms with Crippen molar-refractivity contribution in [3.05, 3.63) is 122 Å². The van der Waals surface area contributed by atoms with E-state index in [4.69, 9.17) is 0 Å². The van der Waals surface area contributed by atoms with Crippen LogP contribution in [0.4, 0.5) is 0 Å². The van der Waals surface area contributed by atoms with Crippen molar-refractivity contribution >= 4 is 70.9 Å². The number of para-hydroxylation sites is 4. The van der Waals surface area contributed by atoms with E-state index in [1.807, 2.05) is 6.08 Å². The average molecular weight is 517 g/mol. The van der Waals surface area contributed by atoms with Gasteiger partial charge in [-0.3, -0.25) is 0 Å². The molecule has 35 heavy (non-hydrogen) atoms. The molecule has 0 N–H and O–H groups in total. The van der Waals surface area contributed by atoms with E-state index in [1.165, 1.54) is 49.3 Å². The van der Waals surface area contributed by atoms with Crippen LogP contribution in [-0.4, -0.2) is 14.5 Å².